The minimum atomic E-state index is -3.62. The van der Waals surface area contributed by atoms with Gasteiger partial charge >= 0.3 is 0 Å². The number of sulfonamides is 1. The number of phenols is 1. The Labute approximate surface area is 173 Å². The van der Waals surface area contributed by atoms with Crippen molar-refractivity contribution in [3.63, 3.8) is 0 Å². The van der Waals surface area contributed by atoms with Crippen LogP contribution in [0.5, 0.6) is 5.75 Å². The average molecular weight is 438 g/mol. The Balaban J connectivity index is 1.71. The standard InChI is InChI=1S/C19H20ClN3O5S/c1-13(17-12-15(20)4-7-18(17)24)21-22-19(25)14-2-5-16(6-3-14)29(26,27)23-8-10-28-11-9-23/h2-7,12,24H,8-11H2,1H3,(H,22,25). The number of carbonyl (C=O) groups is 1. The van der Waals surface area contributed by atoms with Crippen molar-refractivity contribution < 1.29 is 23.1 Å². The van der Waals surface area contributed by atoms with Gasteiger partial charge in [-0.1, -0.05) is 11.6 Å². The second-order valence-corrected chi connectivity index (χ2v) is 8.71. The first kappa shape index (κ1) is 21.3. The van der Waals surface area contributed by atoms with Crippen molar-refractivity contribution in [2.75, 3.05) is 26.3 Å². The fraction of sp³-hybridized carbons (Fsp3) is 0.263. The van der Waals surface area contributed by atoms with Gasteiger partial charge in [0.2, 0.25) is 10.0 Å². The summed E-state index contributed by atoms with van der Waals surface area (Å²) in [4.78, 5) is 12.4. The highest BCUT2D eigenvalue weighted by atomic mass is 35.5. The number of hydrogen-bond acceptors (Lipinski definition) is 6. The Hall–Kier alpha value is -2.46. The first-order valence-electron chi connectivity index (χ1n) is 8.80. The minimum Gasteiger partial charge on any atom is -0.507 e. The van der Waals surface area contributed by atoms with Crippen molar-refractivity contribution in [3.8, 4) is 5.75 Å². The fourth-order valence-corrected chi connectivity index (χ4v) is 4.35. The van der Waals surface area contributed by atoms with Gasteiger partial charge in [0.1, 0.15) is 5.75 Å². The van der Waals surface area contributed by atoms with Crippen LogP contribution in [0.1, 0.15) is 22.8 Å². The molecule has 2 aromatic rings. The van der Waals surface area contributed by atoms with E-state index in [-0.39, 0.29) is 16.2 Å². The Bertz CT molecular complexity index is 1030. The molecule has 1 heterocycles. The molecule has 1 saturated heterocycles. The van der Waals surface area contributed by atoms with Gasteiger partial charge in [-0.2, -0.15) is 9.41 Å². The van der Waals surface area contributed by atoms with Crippen LogP contribution in [0.2, 0.25) is 5.02 Å². The highest BCUT2D eigenvalue weighted by Crippen LogP contribution is 2.22. The predicted octanol–water partition coefficient (Wildman–Crippen LogP) is 2.22. The van der Waals surface area contributed by atoms with Gasteiger partial charge in [-0.15, -0.1) is 0 Å². The van der Waals surface area contributed by atoms with Gasteiger partial charge in [0.25, 0.3) is 5.91 Å². The molecule has 0 saturated carbocycles. The summed E-state index contributed by atoms with van der Waals surface area (Å²) in [7, 11) is -3.62. The van der Waals surface area contributed by atoms with Crippen LogP contribution in [0.4, 0.5) is 0 Å². The highest BCUT2D eigenvalue weighted by molar-refractivity contribution is 7.89. The number of rotatable bonds is 5. The lowest BCUT2D eigenvalue weighted by Crippen LogP contribution is -2.40. The van der Waals surface area contributed by atoms with Gasteiger partial charge in [-0.25, -0.2) is 13.8 Å². The molecule has 1 aliphatic heterocycles. The van der Waals surface area contributed by atoms with Crippen LogP contribution >= 0.6 is 11.6 Å². The van der Waals surface area contributed by atoms with E-state index in [1.165, 1.54) is 40.7 Å². The third-order valence-electron chi connectivity index (χ3n) is 4.40. The molecule has 0 bridgehead atoms. The van der Waals surface area contributed by atoms with E-state index in [1.54, 1.807) is 13.0 Å². The van der Waals surface area contributed by atoms with E-state index in [1.807, 2.05) is 0 Å². The maximum absolute atomic E-state index is 12.6. The molecule has 0 unspecified atom stereocenters. The van der Waals surface area contributed by atoms with Crippen LogP contribution in [0, 0.1) is 0 Å². The number of phenolic OH excluding ortho intramolecular Hbond substituents is 1. The van der Waals surface area contributed by atoms with E-state index in [9.17, 15) is 18.3 Å². The number of carbonyl (C=O) groups excluding carboxylic acids is 1. The molecule has 0 spiro atoms. The molecule has 0 radical (unpaired) electrons. The Morgan fingerprint density at radius 3 is 2.48 bits per heavy atom. The molecular formula is C19H20ClN3O5S. The predicted molar refractivity (Wildman–Crippen MR) is 109 cm³/mol. The first-order valence-corrected chi connectivity index (χ1v) is 10.6. The fourth-order valence-electron chi connectivity index (χ4n) is 2.77. The number of halogens is 1. The molecule has 8 nitrogen and oxygen atoms in total. The number of ether oxygens (including phenoxy) is 1. The number of nitrogens with one attached hydrogen (secondary N) is 1. The van der Waals surface area contributed by atoms with Crippen LogP contribution in [-0.2, 0) is 14.8 Å². The normalized spacial score (nSPS) is 15.9. The molecule has 29 heavy (non-hydrogen) atoms. The Kier molecular flexibility index (Phi) is 6.53. The van der Waals surface area contributed by atoms with Crippen molar-refractivity contribution in [2.45, 2.75) is 11.8 Å². The zero-order valence-corrected chi connectivity index (χ0v) is 17.2. The zero-order valence-electron chi connectivity index (χ0n) is 15.6. The van der Waals surface area contributed by atoms with Crippen molar-refractivity contribution in [2.24, 2.45) is 5.10 Å². The summed E-state index contributed by atoms with van der Waals surface area (Å²) in [6.45, 7) is 2.94. The molecule has 0 aromatic heterocycles. The van der Waals surface area contributed by atoms with E-state index < -0.39 is 15.9 Å². The van der Waals surface area contributed by atoms with Gasteiger partial charge in [0.05, 0.1) is 23.8 Å². The summed E-state index contributed by atoms with van der Waals surface area (Å²) in [6.07, 6.45) is 0. The van der Waals surface area contributed by atoms with E-state index in [0.29, 0.717) is 42.6 Å². The van der Waals surface area contributed by atoms with E-state index >= 15 is 0 Å². The average Bonchev–Trinajstić information content (AvgIpc) is 2.74. The smallest absolute Gasteiger partial charge is 0.271 e. The Morgan fingerprint density at radius 1 is 1.17 bits per heavy atom. The maximum Gasteiger partial charge on any atom is 0.271 e. The molecule has 154 valence electrons. The lowest BCUT2D eigenvalue weighted by molar-refractivity contribution is 0.0730. The molecule has 0 aliphatic carbocycles. The summed E-state index contributed by atoms with van der Waals surface area (Å²) in [5, 5.41) is 14.3. The van der Waals surface area contributed by atoms with Gasteiger partial charge < -0.3 is 9.84 Å². The van der Waals surface area contributed by atoms with Crippen molar-refractivity contribution in [1.29, 1.82) is 0 Å². The topological polar surface area (TPSA) is 108 Å². The van der Waals surface area contributed by atoms with Crippen LogP contribution in [0.25, 0.3) is 0 Å². The molecule has 3 rings (SSSR count). The van der Waals surface area contributed by atoms with Gasteiger partial charge in [-0.05, 0) is 49.4 Å². The first-order chi connectivity index (χ1) is 13.8. The number of hydrogen-bond donors (Lipinski definition) is 2. The lowest BCUT2D eigenvalue weighted by atomic mass is 10.1. The van der Waals surface area contributed by atoms with Gasteiger partial charge in [-0.3, -0.25) is 4.79 Å². The second kappa shape index (κ2) is 8.91. The second-order valence-electron chi connectivity index (χ2n) is 6.34. The number of nitrogens with zero attached hydrogens (tertiary/aromatic N) is 2. The molecule has 0 atom stereocenters. The molecule has 1 aliphatic rings. The summed E-state index contributed by atoms with van der Waals surface area (Å²) in [5.41, 5.74) is 3.39. The minimum absolute atomic E-state index is 0.0115. The molecule has 1 amide bonds. The van der Waals surface area contributed by atoms with E-state index in [4.69, 9.17) is 16.3 Å². The molecular weight excluding hydrogens is 418 g/mol. The quantitative estimate of drug-likeness (QED) is 0.550. The van der Waals surface area contributed by atoms with Crippen LogP contribution in [0.15, 0.2) is 52.5 Å². The van der Waals surface area contributed by atoms with Gasteiger partial charge in [0, 0.05) is 29.2 Å². The molecule has 1 fully saturated rings. The highest BCUT2D eigenvalue weighted by Gasteiger charge is 2.26. The van der Waals surface area contributed by atoms with Crippen molar-refractivity contribution in [3.05, 3.63) is 58.6 Å². The lowest BCUT2D eigenvalue weighted by Gasteiger charge is -2.26. The summed E-state index contributed by atoms with van der Waals surface area (Å²) in [5.74, 6) is -0.524. The molecule has 10 heteroatoms. The number of benzene rings is 2. The van der Waals surface area contributed by atoms with Crippen LogP contribution in [0.3, 0.4) is 0 Å². The monoisotopic (exact) mass is 437 g/mol. The van der Waals surface area contributed by atoms with Crippen LogP contribution in [-0.4, -0.2) is 55.8 Å². The number of aromatic hydroxyl groups is 1. The third-order valence-corrected chi connectivity index (χ3v) is 6.55. The molecule has 2 N–H and O–H groups in total. The van der Waals surface area contributed by atoms with Crippen molar-refractivity contribution in [1.82, 2.24) is 9.73 Å². The van der Waals surface area contributed by atoms with E-state index in [0.717, 1.165) is 0 Å². The van der Waals surface area contributed by atoms with Gasteiger partial charge in [0.15, 0.2) is 0 Å². The van der Waals surface area contributed by atoms with Crippen molar-refractivity contribution >= 4 is 33.2 Å². The number of morpholine rings is 1. The number of amides is 1. The maximum atomic E-state index is 12.6. The van der Waals surface area contributed by atoms with E-state index in [2.05, 4.69) is 10.5 Å². The van der Waals surface area contributed by atoms with Crippen LogP contribution < -0.4 is 5.43 Å². The molecule has 2 aromatic carbocycles. The largest absolute Gasteiger partial charge is 0.507 e. The third kappa shape index (κ3) is 4.94. The Morgan fingerprint density at radius 2 is 1.83 bits per heavy atom. The summed E-state index contributed by atoms with van der Waals surface area (Å²) in [6, 6.07) is 10.1. The SMILES string of the molecule is CC(=NNC(=O)c1ccc(S(=O)(=O)N2CCOCC2)cc1)c1cc(Cl)ccc1O. The summed E-state index contributed by atoms with van der Waals surface area (Å²) < 4.78 is 31.8. The number of hydrazone groups is 1. The summed E-state index contributed by atoms with van der Waals surface area (Å²) >= 11 is 5.91. The zero-order chi connectivity index (χ0) is 21.0.